The van der Waals surface area contributed by atoms with Gasteiger partial charge >= 0.3 is 0 Å². The quantitative estimate of drug-likeness (QED) is 0.751. The third kappa shape index (κ3) is 5.48. The Morgan fingerprint density at radius 3 is 2.50 bits per heavy atom. The molecule has 2 rings (SSSR count). The summed E-state index contributed by atoms with van der Waals surface area (Å²) in [6.07, 6.45) is 3.62. The summed E-state index contributed by atoms with van der Waals surface area (Å²) in [5, 5.41) is 8.05. The molecule has 1 N–H and O–H groups in total. The first-order chi connectivity index (χ1) is 9.74. The van der Waals surface area contributed by atoms with Gasteiger partial charge < -0.3 is 5.32 Å². The minimum atomic E-state index is 0.564. The average molecular weight is 287 g/mol. The van der Waals surface area contributed by atoms with E-state index in [1.165, 1.54) is 30.4 Å². The molecule has 0 saturated carbocycles. The summed E-state index contributed by atoms with van der Waals surface area (Å²) in [6.45, 7) is 5.55. The van der Waals surface area contributed by atoms with E-state index in [0.29, 0.717) is 12.0 Å². The number of rotatable bonds is 8. The van der Waals surface area contributed by atoms with E-state index in [4.69, 9.17) is 0 Å². The Morgan fingerprint density at radius 2 is 1.85 bits per heavy atom. The van der Waals surface area contributed by atoms with Crippen molar-refractivity contribution in [1.29, 1.82) is 0 Å². The lowest BCUT2D eigenvalue weighted by Gasteiger charge is -2.19. The number of hydrogen-bond donors (Lipinski definition) is 1. The summed E-state index contributed by atoms with van der Waals surface area (Å²) in [7, 11) is 0. The van der Waals surface area contributed by atoms with Gasteiger partial charge in [0.05, 0.1) is 0 Å². The van der Waals surface area contributed by atoms with Crippen LogP contribution < -0.4 is 5.32 Å². The Labute approximate surface area is 127 Å². The van der Waals surface area contributed by atoms with Crippen molar-refractivity contribution in [3.05, 3.63) is 58.3 Å². The number of benzene rings is 1. The van der Waals surface area contributed by atoms with Gasteiger partial charge in [0.1, 0.15) is 0 Å². The molecule has 0 aliphatic rings. The Morgan fingerprint density at radius 1 is 1.05 bits per heavy atom. The first-order valence-electron chi connectivity index (χ1n) is 7.52. The predicted molar refractivity (Wildman–Crippen MR) is 89.4 cm³/mol. The second-order valence-corrected chi connectivity index (χ2v) is 6.57. The third-order valence-electron chi connectivity index (χ3n) is 3.60. The normalized spacial score (nSPS) is 12.8. The van der Waals surface area contributed by atoms with Crippen LogP contribution in [0.25, 0.3) is 0 Å². The standard InChI is InChI=1S/C18H25NS/c1-15(2)19-13-18(9-8-17-10-11-20-14-17)12-16-6-4-3-5-7-16/h3-7,10-11,14-15,18-19H,8-9,12-13H2,1-2H3. The molecular formula is C18H25NS. The summed E-state index contributed by atoms with van der Waals surface area (Å²) in [5.74, 6) is 0.708. The van der Waals surface area contributed by atoms with Gasteiger partial charge in [-0.25, -0.2) is 0 Å². The molecule has 0 amide bonds. The van der Waals surface area contributed by atoms with E-state index in [1.807, 2.05) is 0 Å². The fourth-order valence-corrected chi connectivity index (χ4v) is 3.13. The SMILES string of the molecule is CC(C)NCC(CCc1ccsc1)Cc1ccccc1. The van der Waals surface area contributed by atoms with Crippen molar-refractivity contribution in [3.8, 4) is 0 Å². The van der Waals surface area contributed by atoms with Crippen molar-refractivity contribution in [2.45, 2.75) is 39.2 Å². The smallest absolute Gasteiger partial charge is 0.00104 e. The van der Waals surface area contributed by atoms with E-state index in [0.717, 1.165) is 6.54 Å². The summed E-state index contributed by atoms with van der Waals surface area (Å²) < 4.78 is 0. The van der Waals surface area contributed by atoms with Crippen molar-refractivity contribution < 1.29 is 0 Å². The molecule has 2 aromatic rings. The molecule has 0 aliphatic heterocycles. The van der Waals surface area contributed by atoms with E-state index in [2.05, 4.69) is 66.3 Å². The molecule has 0 spiro atoms. The molecule has 1 aromatic carbocycles. The maximum absolute atomic E-state index is 3.60. The van der Waals surface area contributed by atoms with Crippen molar-refractivity contribution in [3.63, 3.8) is 0 Å². The first kappa shape index (κ1) is 15.3. The summed E-state index contributed by atoms with van der Waals surface area (Å²) >= 11 is 1.80. The lowest BCUT2D eigenvalue weighted by molar-refractivity contribution is 0.422. The molecule has 0 saturated heterocycles. The van der Waals surface area contributed by atoms with Crippen LogP contribution in [0.4, 0.5) is 0 Å². The molecule has 0 fully saturated rings. The molecule has 1 heterocycles. The zero-order valence-corrected chi connectivity index (χ0v) is 13.3. The Bertz CT molecular complexity index is 461. The monoisotopic (exact) mass is 287 g/mol. The molecule has 1 aromatic heterocycles. The Kier molecular flexibility index (Phi) is 6.28. The van der Waals surface area contributed by atoms with Crippen LogP contribution in [-0.2, 0) is 12.8 Å². The molecule has 108 valence electrons. The number of hydrogen-bond acceptors (Lipinski definition) is 2. The van der Waals surface area contributed by atoms with Crippen LogP contribution in [0.1, 0.15) is 31.4 Å². The Hall–Kier alpha value is -1.12. The zero-order valence-electron chi connectivity index (χ0n) is 12.5. The molecule has 1 nitrogen and oxygen atoms in total. The van der Waals surface area contributed by atoms with E-state index in [9.17, 15) is 0 Å². The number of nitrogens with one attached hydrogen (secondary N) is 1. The van der Waals surface area contributed by atoms with Crippen LogP contribution in [-0.4, -0.2) is 12.6 Å². The maximum Gasteiger partial charge on any atom is 0.00104 e. The second kappa shape index (κ2) is 8.23. The van der Waals surface area contributed by atoms with Gasteiger partial charge in [-0.15, -0.1) is 0 Å². The van der Waals surface area contributed by atoms with Crippen LogP contribution in [0.5, 0.6) is 0 Å². The maximum atomic E-state index is 3.60. The van der Waals surface area contributed by atoms with E-state index < -0.39 is 0 Å². The number of thiophene rings is 1. The molecule has 1 unspecified atom stereocenters. The number of aryl methyl sites for hydroxylation is 1. The molecular weight excluding hydrogens is 262 g/mol. The van der Waals surface area contributed by atoms with Gasteiger partial charge in [0.25, 0.3) is 0 Å². The van der Waals surface area contributed by atoms with Crippen molar-refractivity contribution in [2.24, 2.45) is 5.92 Å². The van der Waals surface area contributed by atoms with Gasteiger partial charge in [0, 0.05) is 6.04 Å². The second-order valence-electron chi connectivity index (χ2n) is 5.79. The third-order valence-corrected chi connectivity index (χ3v) is 4.34. The van der Waals surface area contributed by atoms with Gasteiger partial charge in [0.15, 0.2) is 0 Å². The Balaban J connectivity index is 1.89. The fraction of sp³-hybridized carbons (Fsp3) is 0.444. The van der Waals surface area contributed by atoms with Crippen molar-refractivity contribution in [2.75, 3.05) is 6.54 Å². The van der Waals surface area contributed by atoms with E-state index in [-0.39, 0.29) is 0 Å². The van der Waals surface area contributed by atoms with Crippen molar-refractivity contribution >= 4 is 11.3 Å². The van der Waals surface area contributed by atoms with Crippen LogP contribution in [0.15, 0.2) is 47.2 Å². The molecule has 1 atom stereocenters. The predicted octanol–water partition coefficient (Wildman–Crippen LogP) is 4.54. The molecule has 2 heteroatoms. The molecule has 0 radical (unpaired) electrons. The summed E-state index contributed by atoms with van der Waals surface area (Å²) in [5.41, 5.74) is 2.94. The topological polar surface area (TPSA) is 12.0 Å². The highest BCUT2D eigenvalue weighted by Crippen LogP contribution is 2.17. The molecule has 20 heavy (non-hydrogen) atoms. The lowest BCUT2D eigenvalue weighted by atomic mass is 9.93. The fourth-order valence-electron chi connectivity index (χ4n) is 2.43. The molecule has 0 aliphatic carbocycles. The zero-order chi connectivity index (χ0) is 14.2. The average Bonchev–Trinajstić information content (AvgIpc) is 2.96. The minimum Gasteiger partial charge on any atom is -0.314 e. The van der Waals surface area contributed by atoms with Gasteiger partial charge in [-0.2, -0.15) is 11.3 Å². The van der Waals surface area contributed by atoms with Crippen LogP contribution in [0, 0.1) is 5.92 Å². The summed E-state index contributed by atoms with van der Waals surface area (Å²) in [6, 6.07) is 13.7. The van der Waals surface area contributed by atoms with Gasteiger partial charge in [-0.1, -0.05) is 44.2 Å². The largest absolute Gasteiger partial charge is 0.314 e. The van der Waals surface area contributed by atoms with Gasteiger partial charge in [-0.05, 0) is 59.7 Å². The van der Waals surface area contributed by atoms with Crippen LogP contribution in [0.2, 0.25) is 0 Å². The highest BCUT2D eigenvalue weighted by Gasteiger charge is 2.11. The minimum absolute atomic E-state index is 0.564. The highest BCUT2D eigenvalue weighted by molar-refractivity contribution is 7.07. The van der Waals surface area contributed by atoms with E-state index in [1.54, 1.807) is 11.3 Å². The van der Waals surface area contributed by atoms with Gasteiger partial charge in [-0.3, -0.25) is 0 Å². The van der Waals surface area contributed by atoms with Crippen LogP contribution >= 0.6 is 11.3 Å². The first-order valence-corrected chi connectivity index (χ1v) is 8.46. The van der Waals surface area contributed by atoms with E-state index >= 15 is 0 Å². The van der Waals surface area contributed by atoms with Crippen molar-refractivity contribution in [1.82, 2.24) is 5.32 Å². The van der Waals surface area contributed by atoms with Crippen LogP contribution in [0.3, 0.4) is 0 Å². The highest BCUT2D eigenvalue weighted by atomic mass is 32.1. The van der Waals surface area contributed by atoms with Gasteiger partial charge in [0.2, 0.25) is 0 Å². The molecule has 0 bridgehead atoms. The summed E-state index contributed by atoms with van der Waals surface area (Å²) in [4.78, 5) is 0. The lowest BCUT2D eigenvalue weighted by Crippen LogP contribution is -2.30.